The molecule has 0 fully saturated rings. The molecule has 0 aromatic carbocycles. The van der Waals surface area contributed by atoms with Gasteiger partial charge in [-0.2, -0.15) is 10.2 Å². The van der Waals surface area contributed by atoms with Crippen molar-refractivity contribution >= 4 is 50.9 Å². The van der Waals surface area contributed by atoms with E-state index in [1.165, 1.54) is 10.4 Å². The number of rotatable bonds is 7. The maximum Gasteiger partial charge on any atom is 0.152 e. The van der Waals surface area contributed by atoms with Crippen LogP contribution in [0.2, 0.25) is 0 Å². The Bertz CT molecular complexity index is 1070. The zero-order chi connectivity index (χ0) is 20.4. The first-order valence-electron chi connectivity index (χ1n) is 9.65. The zero-order valence-corrected chi connectivity index (χ0v) is 18.7. The van der Waals surface area contributed by atoms with Gasteiger partial charge in [-0.15, -0.1) is 23.1 Å². The Morgan fingerprint density at radius 2 is 2.28 bits per heavy atom. The van der Waals surface area contributed by atoms with E-state index < -0.39 is 0 Å². The van der Waals surface area contributed by atoms with Gasteiger partial charge in [0.2, 0.25) is 0 Å². The minimum absolute atomic E-state index is 0.168. The predicted molar refractivity (Wildman–Crippen MR) is 124 cm³/mol. The van der Waals surface area contributed by atoms with Crippen LogP contribution in [-0.2, 0) is 13.5 Å². The van der Waals surface area contributed by atoms with Crippen LogP contribution >= 0.6 is 23.1 Å². The average molecular weight is 428 g/mol. The second kappa shape index (κ2) is 8.54. The van der Waals surface area contributed by atoms with Crippen LogP contribution in [0, 0.1) is 0 Å². The molecular weight excluding hydrogens is 402 g/mol. The lowest BCUT2D eigenvalue weighted by molar-refractivity contribution is 0.391. The Balaban J connectivity index is 1.69. The molecule has 1 unspecified atom stereocenters. The van der Waals surface area contributed by atoms with Gasteiger partial charge in [-0.1, -0.05) is 13.0 Å². The fourth-order valence-corrected chi connectivity index (χ4v) is 4.97. The zero-order valence-electron chi connectivity index (χ0n) is 17.1. The molecule has 0 amide bonds. The van der Waals surface area contributed by atoms with E-state index in [0.29, 0.717) is 0 Å². The molecule has 0 saturated heterocycles. The monoisotopic (exact) mass is 427 g/mol. The lowest BCUT2D eigenvalue weighted by Gasteiger charge is -2.28. The molecule has 1 N–H and O–H groups in total. The van der Waals surface area contributed by atoms with Gasteiger partial charge in [0.1, 0.15) is 5.01 Å². The number of nitrogens with one attached hydrogen (secondary N) is 1. The summed E-state index contributed by atoms with van der Waals surface area (Å²) in [4.78, 5) is 9.47. The number of aliphatic imine (C=N–C) groups is 1. The number of hydrogen-bond donors (Lipinski definition) is 1. The summed E-state index contributed by atoms with van der Waals surface area (Å²) in [6, 6.07) is 2.16. The summed E-state index contributed by atoms with van der Waals surface area (Å²) in [5.74, 6) is 0. The number of hydrazone groups is 1. The van der Waals surface area contributed by atoms with Gasteiger partial charge in [0.25, 0.3) is 0 Å². The molecule has 7 nitrogen and oxygen atoms in total. The van der Waals surface area contributed by atoms with Crippen LogP contribution in [-0.4, -0.2) is 55.4 Å². The molecule has 4 rings (SSSR count). The lowest BCUT2D eigenvalue weighted by Crippen LogP contribution is -2.28. The molecule has 152 valence electrons. The van der Waals surface area contributed by atoms with Crippen molar-refractivity contribution in [1.29, 1.82) is 0 Å². The number of allylic oxidation sites excluding steroid dienone is 1. The Morgan fingerprint density at radius 3 is 3.00 bits per heavy atom. The van der Waals surface area contributed by atoms with E-state index in [0.717, 1.165) is 47.0 Å². The summed E-state index contributed by atoms with van der Waals surface area (Å²) in [6.07, 6.45) is 9.77. The molecule has 0 aliphatic carbocycles. The second-order valence-corrected chi connectivity index (χ2v) is 8.75. The quantitative estimate of drug-likeness (QED) is 0.454. The van der Waals surface area contributed by atoms with Crippen molar-refractivity contribution in [3.63, 3.8) is 0 Å². The third-order valence-corrected chi connectivity index (χ3v) is 6.21. The van der Waals surface area contributed by atoms with Crippen LogP contribution in [0.5, 0.6) is 0 Å². The van der Waals surface area contributed by atoms with Crippen LogP contribution in [0.4, 0.5) is 0 Å². The molecule has 0 saturated carbocycles. The van der Waals surface area contributed by atoms with Crippen molar-refractivity contribution in [2.45, 2.75) is 32.7 Å². The summed E-state index contributed by atoms with van der Waals surface area (Å²) >= 11 is 3.35. The van der Waals surface area contributed by atoms with Crippen molar-refractivity contribution in [3.05, 3.63) is 40.3 Å². The topological polar surface area (TPSA) is 74.5 Å². The van der Waals surface area contributed by atoms with Gasteiger partial charge >= 0.3 is 0 Å². The van der Waals surface area contributed by atoms with Gasteiger partial charge in [-0.05, 0) is 25.7 Å². The average Bonchev–Trinajstić information content (AvgIpc) is 3.42. The van der Waals surface area contributed by atoms with E-state index in [9.17, 15) is 0 Å². The first-order chi connectivity index (χ1) is 14.1. The molecule has 0 radical (unpaired) electrons. The molecule has 1 atom stereocenters. The Hall–Kier alpha value is -2.39. The van der Waals surface area contributed by atoms with Crippen LogP contribution < -0.4 is 0 Å². The molecule has 1 aliphatic heterocycles. The lowest BCUT2D eigenvalue weighted by atomic mass is 10.1. The van der Waals surface area contributed by atoms with Crippen molar-refractivity contribution in [2.75, 3.05) is 12.8 Å². The molecule has 29 heavy (non-hydrogen) atoms. The minimum atomic E-state index is 0.168. The standard InChI is InChI=1S/C20H25N7S2/c1-5-6-16-18-15(10-23-27(16)11-13(2)21-12-28-4)19-20(26(18)3)24-17(29-19)9-14-7-8-22-25-14/h6-8,10,12-13H,5,9,11H2,1-4H3,(H,22,25)/b16-6-,21-12-. The van der Waals surface area contributed by atoms with Gasteiger partial charge in [-0.25, -0.2) is 4.98 Å². The molecule has 9 heteroatoms. The normalized spacial score (nSPS) is 16.4. The Morgan fingerprint density at radius 1 is 1.41 bits per heavy atom. The van der Waals surface area contributed by atoms with E-state index in [1.54, 1.807) is 23.1 Å². The third-order valence-electron chi connectivity index (χ3n) is 4.80. The van der Waals surface area contributed by atoms with E-state index >= 15 is 0 Å². The van der Waals surface area contributed by atoms with E-state index in [4.69, 9.17) is 10.1 Å². The van der Waals surface area contributed by atoms with E-state index in [2.05, 4.69) is 51.7 Å². The fourth-order valence-electron chi connectivity index (χ4n) is 3.52. The number of aromatic nitrogens is 4. The van der Waals surface area contributed by atoms with Crippen molar-refractivity contribution in [2.24, 2.45) is 17.1 Å². The third kappa shape index (κ3) is 3.89. The number of H-pyrrole nitrogens is 1. The van der Waals surface area contributed by atoms with Crippen molar-refractivity contribution < 1.29 is 0 Å². The van der Waals surface area contributed by atoms with Crippen LogP contribution in [0.1, 0.15) is 42.2 Å². The molecule has 0 spiro atoms. The van der Waals surface area contributed by atoms with Gasteiger partial charge in [0, 0.05) is 25.2 Å². The summed E-state index contributed by atoms with van der Waals surface area (Å²) in [6.45, 7) is 5.02. The first-order valence-corrected chi connectivity index (χ1v) is 11.8. The van der Waals surface area contributed by atoms with Crippen LogP contribution in [0.15, 0.2) is 28.4 Å². The summed E-state index contributed by atoms with van der Waals surface area (Å²) in [7, 11) is 2.09. The smallest absolute Gasteiger partial charge is 0.152 e. The summed E-state index contributed by atoms with van der Waals surface area (Å²) < 4.78 is 3.39. The van der Waals surface area contributed by atoms with E-state index in [-0.39, 0.29) is 6.04 Å². The SMILES string of the molecule is CC/C=C1/c2c(c3sc(Cc4cc[nH]n4)nc3n2C)C=NN1CC(C)/N=C\SC. The minimum Gasteiger partial charge on any atom is -0.326 e. The Kier molecular flexibility index (Phi) is 5.86. The van der Waals surface area contributed by atoms with Gasteiger partial charge in [-0.3, -0.25) is 15.1 Å². The summed E-state index contributed by atoms with van der Waals surface area (Å²) in [5, 5.41) is 15.0. The highest BCUT2D eigenvalue weighted by atomic mass is 32.2. The van der Waals surface area contributed by atoms with Crippen LogP contribution in [0.3, 0.4) is 0 Å². The maximum absolute atomic E-state index is 4.91. The fraction of sp³-hybridized carbons (Fsp3) is 0.400. The molecule has 3 aromatic rings. The highest BCUT2D eigenvalue weighted by Gasteiger charge is 2.27. The number of aromatic amines is 1. The number of fused-ring (bicyclic) bond motifs is 3. The molecular formula is C20H25N7S2. The molecule has 4 heterocycles. The maximum atomic E-state index is 4.91. The first kappa shape index (κ1) is 19.9. The van der Waals surface area contributed by atoms with Crippen LogP contribution in [0.25, 0.3) is 16.0 Å². The van der Waals surface area contributed by atoms with Gasteiger partial charge in [0.05, 0.1) is 46.1 Å². The summed E-state index contributed by atoms with van der Waals surface area (Å²) in [5.41, 5.74) is 7.39. The van der Waals surface area contributed by atoms with Crippen molar-refractivity contribution in [1.82, 2.24) is 24.8 Å². The van der Waals surface area contributed by atoms with Gasteiger partial charge in [0.15, 0.2) is 5.65 Å². The number of nitrogens with zero attached hydrogens (tertiary/aromatic N) is 6. The molecule has 1 aliphatic rings. The van der Waals surface area contributed by atoms with Gasteiger partial charge < -0.3 is 4.57 Å². The number of aryl methyl sites for hydroxylation is 1. The molecule has 0 bridgehead atoms. The van der Waals surface area contributed by atoms with Crippen molar-refractivity contribution in [3.8, 4) is 0 Å². The number of hydrogen-bond acceptors (Lipinski definition) is 7. The largest absolute Gasteiger partial charge is 0.326 e. The Labute approximate surface area is 178 Å². The predicted octanol–water partition coefficient (Wildman–Crippen LogP) is 4.13. The highest BCUT2D eigenvalue weighted by Crippen LogP contribution is 2.37. The second-order valence-electron chi connectivity index (χ2n) is 6.99. The number of thioether (sulfide) groups is 1. The molecule has 3 aromatic heterocycles. The highest BCUT2D eigenvalue weighted by molar-refractivity contribution is 8.11. The van der Waals surface area contributed by atoms with E-state index in [1.807, 2.05) is 30.3 Å². The number of thiazole rings is 1.